The van der Waals surface area contributed by atoms with Gasteiger partial charge in [0.15, 0.2) is 0 Å². The number of hydrogen-bond acceptors (Lipinski definition) is 2. The predicted octanol–water partition coefficient (Wildman–Crippen LogP) is -3.03. The van der Waals surface area contributed by atoms with Gasteiger partial charge in [0.1, 0.15) is 0 Å². The van der Waals surface area contributed by atoms with Gasteiger partial charge < -0.3 is 10.0 Å². The van der Waals surface area contributed by atoms with E-state index in [0.717, 1.165) is 0 Å². The monoisotopic (exact) mass is 103 g/mol. The molecular formula is HBCoO2. The molecule has 0 fully saturated rings. The Kier molecular flexibility index (Phi) is 21.5. The van der Waals surface area contributed by atoms with Gasteiger partial charge in [0.2, 0.25) is 0 Å². The van der Waals surface area contributed by atoms with Crippen LogP contribution >= 0.6 is 0 Å². The van der Waals surface area contributed by atoms with Crippen molar-refractivity contribution < 1.29 is 26.8 Å². The van der Waals surface area contributed by atoms with Crippen LogP contribution in [0.25, 0.3) is 0 Å². The van der Waals surface area contributed by atoms with Gasteiger partial charge in [-0.15, -0.1) is 7.69 Å². The van der Waals surface area contributed by atoms with E-state index >= 15 is 0 Å². The second kappa shape index (κ2) is 9.74. The van der Waals surface area contributed by atoms with Crippen molar-refractivity contribution in [2.24, 2.45) is 0 Å². The summed E-state index contributed by atoms with van der Waals surface area (Å²) in [7, 11) is -1.25. The molecule has 0 amide bonds. The molecule has 0 bridgehead atoms. The van der Waals surface area contributed by atoms with E-state index in [1.165, 1.54) is 0 Å². The van der Waals surface area contributed by atoms with Crippen molar-refractivity contribution in [1.82, 2.24) is 0 Å². The molecule has 4 heavy (non-hydrogen) atoms. The maximum Gasteiger partial charge on any atom is 2.00 e. The van der Waals surface area contributed by atoms with Crippen molar-refractivity contribution >= 4 is 7.69 Å². The first-order valence-electron chi connectivity index (χ1n) is 0.577. The largest absolute Gasteiger partial charge is 2.00 e. The SMILES string of the molecule is [Co+2].[O-]B[O-]. The Morgan fingerprint density at radius 1 is 1.25 bits per heavy atom. The molecule has 0 saturated heterocycles. The molecule has 0 unspecified atom stereocenters. The smallest absolute Gasteiger partial charge is 0.896 e. The molecule has 0 rings (SSSR count). The third-order valence-electron chi connectivity index (χ3n) is 0. The van der Waals surface area contributed by atoms with E-state index < -0.39 is 7.69 Å². The van der Waals surface area contributed by atoms with Crippen LogP contribution in [0.15, 0.2) is 0 Å². The van der Waals surface area contributed by atoms with Crippen molar-refractivity contribution in [3.63, 3.8) is 0 Å². The van der Waals surface area contributed by atoms with Crippen molar-refractivity contribution in [2.75, 3.05) is 0 Å². The van der Waals surface area contributed by atoms with Crippen LogP contribution in [-0.2, 0) is 16.8 Å². The van der Waals surface area contributed by atoms with Gasteiger partial charge in [-0.1, -0.05) is 0 Å². The summed E-state index contributed by atoms with van der Waals surface area (Å²) in [6.45, 7) is 0. The summed E-state index contributed by atoms with van der Waals surface area (Å²) in [4.78, 5) is 0. The van der Waals surface area contributed by atoms with E-state index in [2.05, 4.69) is 0 Å². The molecule has 0 heterocycles. The summed E-state index contributed by atoms with van der Waals surface area (Å²) in [6.07, 6.45) is 0. The van der Waals surface area contributed by atoms with Crippen molar-refractivity contribution in [3.8, 4) is 0 Å². The zero-order chi connectivity index (χ0) is 2.71. The first-order valence-corrected chi connectivity index (χ1v) is 0.577. The normalized spacial score (nSPS) is 3.50. The zero-order valence-corrected chi connectivity index (χ0v) is 2.90. The quantitative estimate of drug-likeness (QED) is 0.306. The summed E-state index contributed by atoms with van der Waals surface area (Å²) < 4.78 is 0. The molecule has 0 N–H and O–H groups in total. The van der Waals surface area contributed by atoms with E-state index in [1.54, 1.807) is 0 Å². The second-order valence-electron chi connectivity index (χ2n) is 0.118. The van der Waals surface area contributed by atoms with Crippen LogP contribution in [-0.4, -0.2) is 7.69 Å². The minimum atomic E-state index is -1.25. The van der Waals surface area contributed by atoms with Crippen LogP contribution in [0.2, 0.25) is 0 Å². The second-order valence-corrected chi connectivity index (χ2v) is 0.118. The molecule has 0 aliphatic rings. The Hall–Kier alpha value is 0.491. The fourth-order valence-corrected chi connectivity index (χ4v) is 0. The van der Waals surface area contributed by atoms with Crippen LogP contribution < -0.4 is 10.0 Å². The topological polar surface area (TPSA) is 46.1 Å². The fraction of sp³-hybridized carbons (Fsp3) is 0. The van der Waals surface area contributed by atoms with Gasteiger partial charge in [-0.05, 0) is 0 Å². The fourth-order valence-electron chi connectivity index (χ4n) is 0. The predicted molar refractivity (Wildman–Crippen MR) is 7.15 cm³/mol. The summed E-state index contributed by atoms with van der Waals surface area (Å²) in [5.41, 5.74) is 0. The van der Waals surface area contributed by atoms with E-state index in [4.69, 9.17) is 10.0 Å². The molecule has 0 aromatic rings. The number of hydrogen-bond donors (Lipinski definition) is 0. The van der Waals surface area contributed by atoms with Gasteiger partial charge >= 0.3 is 16.8 Å². The number of rotatable bonds is 0. The summed E-state index contributed by atoms with van der Waals surface area (Å²) in [6, 6.07) is 0. The van der Waals surface area contributed by atoms with Gasteiger partial charge in [-0.2, -0.15) is 0 Å². The molecule has 4 heteroatoms. The van der Waals surface area contributed by atoms with Gasteiger partial charge in [0, 0.05) is 0 Å². The maximum absolute atomic E-state index is 8.38. The average Bonchev–Trinajstić information content (AvgIpc) is 0.918. The molecule has 0 atom stereocenters. The Morgan fingerprint density at radius 3 is 1.25 bits per heavy atom. The van der Waals surface area contributed by atoms with Gasteiger partial charge in [0.25, 0.3) is 0 Å². The summed E-state index contributed by atoms with van der Waals surface area (Å²) in [5.74, 6) is 0. The summed E-state index contributed by atoms with van der Waals surface area (Å²) >= 11 is 0. The van der Waals surface area contributed by atoms with Gasteiger partial charge in [0.05, 0.1) is 0 Å². The van der Waals surface area contributed by atoms with Gasteiger partial charge in [-0.3, -0.25) is 0 Å². The zero-order valence-electron chi connectivity index (χ0n) is 1.86. The van der Waals surface area contributed by atoms with Crippen molar-refractivity contribution in [1.29, 1.82) is 0 Å². The first-order chi connectivity index (χ1) is 1.41. The molecule has 0 aliphatic heterocycles. The molecule has 0 aromatic carbocycles. The van der Waals surface area contributed by atoms with Crippen LogP contribution in [0, 0.1) is 0 Å². The Bertz CT molecular complexity index is 6.00. The van der Waals surface area contributed by atoms with Gasteiger partial charge in [-0.25, -0.2) is 0 Å². The third-order valence-corrected chi connectivity index (χ3v) is 0. The molecule has 0 saturated carbocycles. The first kappa shape index (κ1) is 8.82. The average molecular weight is 103 g/mol. The molecule has 0 aromatic heterocycles. The van der Waals surface area contributed by atoms with Crippen LogP contribution in [0.1, 0.15) is 0 Å². The van der Waals surface area contributed by atoms with Crippen LogP contribution in [0.4, 0.5) is 0 Å². The molecule has 1 radical (unpaired) electrons. The third kappa shape index (κ3) is 22.9. The van der Waals surface area contributed by atoms with E-state index in [-0.39, 0.29) is 16.8 Å². The van der Waals surface area contributed by atoms with Crippen LogP contribution in [0.3, 0.4) is 0 Å². The molecule has 2 nitrogen and oxygen atoms in total. The minimum Gasteiger partial charge on any atom is -0.896 e. The standard InChI is InChI=1S/BHO2.Co/c2-1-3;/h1H;/q-2;+2. The molecule has 0 aliphatic carbocycles. The molecule has 0 spiro atoms. The van der Waals surface area contributed by atoms with E-state index in [0.29, 0.717) is 0 Å². The maximum atomic E-state index is 8.38. The Morgan fingerprint density at radius 2 is 1.25 bits per heavy atom. The molecular weight excluding hydrogens is 102 g/mol. The van der Waals surface area contributed by atoms with Crippen molar-refractivity contribution in [3.05, 3.63) is 0 Å². The Labute approximate surface area is 35.3 Å². The van der Waals surface area contributed by atoms with Crippen LogP contribution in [0.5, 0.6) is 0 Å². The van der Waals surface area contributed by atoms with Crippen molar-refractivity contribution in [2.45, 2.75) is 0 Å². The Balaban J connectivity index is 0. The summed E-state index contributed by atoms with van der Waals surface area (Å²) in [5, 5.41) is 16.8. The minimum absolute atomic E-state index is 0. The molecule has 25 valence electrons. The van der Waals surface area contributed by atoms with E-state index in [1.807, 2.05) is 0 Å². The van der Waals surface area contributed by atoms with E-state index in [9.17, 15) is 0 Å².